The maximum atomic E-state index is 11.3. The molecule has 0 rings (SSSR count). The van der Waals surface area contributed by atoms with Crippen molar-refractivity contribution < 1.29 is 9.53 Å². The summed E-state index contributed by atoms with van der Waals surface area (Å²) in [5.41, 5.74) is 0. The highest BCUT2D eigenvalue weighted by Gasteiger charge is 2.20. The first kappa shape index (κ1) is 14.2. The fraction of sp³-hybridized carbons (Fsp3) is 0.769. The van der Waals surface area contributed by atoms with Crippen molar-refractivity contribution >= 4 is 5.97 Å². The van der Waals surface area contributed by atoms with Crippen molar-refractivity contribution in [3.63, 3.8) is 0 Å². The highest BCUT2D eigenvalue weighted by Crippen LogP contribution is 2.19. The molecule has 0 radical (unpaired) electrons. The van der Waals surface area contributed by atoms with E-state index in [-0.39, 0.29) is 12.1 Å². The molecule has 0 saturated heterocycles. The van der Waals surface area contributed by atoms with E-state index in [9.17, 15) is 4.79 Å². The molecule has 2 nitrogen and oxygen atoms in total. The molecule has 0 aromatic carbocycles. The van der Waals surface area contributed by atoms with Crippen LogP contribution in [-0.4, -0.2) is 12.1 Å². The summed E-state index contributed by atoms with van der Waals surface area (Å²) in [6.45, 7) is 10.4. The van der Waals surface area contributed by atoms with Crippen molar-refractivity contribution in [3.8, 4) is 0 Å². The van der Waals surface area contributed by atoms with E-state index >= 15 is 0 Å². The molecular weight excluding hydrogens is 188 g/mol. The average Bonchev–Trinajstić information content (AvgIpc) is 2.15. The van der Waals surface area contributed by atoms with Crippen LogP contribution in [0.1, 0.15) is 47.5 Å². The highest BCUT2D eigenvalue weighted by atomic mass is 16.5. The first-order valence-electron chi connectivity index (χ1n) is 5.84. The number of rotatable bonds is 6. The minimum atomic E-state index is -0.219. The van der Waals surface area contributed by atoms with Gasteiger partial charge in [-0.1, -0.05) is 40.2 Å². The van der Waals surface area contributed by atoms with Gasteiger partial charge in [-0.3, -0.25) is 0 Å². The van der Waals surface area contributed by atoms with Crippen molar-refractivity contribution in [2.75, 3.05) is 0 Å². The Bertz CT molecular complexity index is 207. The summed E-state index contributed by atoms with van der Waals surface area (Å²) in [7, 11) is 0. The monoisotopic (exact) mass is 212 g/mol. The number of ether oxygens (including phenoxy) is 1. The van der Waals surface area contributed by atoms with Gasteiger partial charge in [-0.25, -0.2) is 4.79 Å². The van der Waals surface area contributed by atoms with Gasteiger partial charge in [0.25, 0.3) is 0 Å². The van der Waals surface area contributed by atoms with Crippen molar-refractivity contribution in [1.82, 2.24) is 0 Å². The zero-order chi connectivity index (χ0) is 11.8. The first-order chi connectivity index (χ1) is 7.01. The van der Waals surface area contributed by atoms with Crippen LogP contribution in [0.25, 0.3) is 0 Å². The summed E-state index contributed by atoms with van der Waals surface area (Å²) >= 11 is 0. The Morgan fingerprint density at radius 1 is 1.33 bits per heavy atom. The topological polar surface area (TPSA) is 26.3 Å². The van der Waals surface area contributed by atoms with E-state index in [4.69, 9.17) is 4.74 Å². The van der Waals surface area contributed by atoms with Crippen LogP contribution in [0.3, 0.4) is 0 Å². The van der Waals surface area contributed by atoms with Gasteiger partial charge in [0.05, 0.1) is 0 Å². The third-order valence-corrected chi connectivity index (χ3v) is 2.55. The second-order valence-corrected chi connectivity index (χ2v) is 4.49. The number of esters is 1. The predicted octanol–water partition coefficient (Wildman–Crippen LogP) is 3.57. The standard InChI is InChI=1S/C13H24O2/c1-6-8-13(14)15-12(9-10(3)4)11(5)7-2/h6,8,10-12H,7,9H2,1-5H3/b8-6+. The SMILES string of the molecule is C/C=C/C(=O)OC(CC(C)C)C(C)CC. The van der Waals surface area contributed by atoms with Crippen LogP contribution in [0.5, 0.6) is 0 Å². The molecule has 0 N–H and O–H groups in total. The second-order valence-electron chi connectivity index (χ2n) is 4.49. The molecular formula is C13H24O2. The maximum Gasteiger partial charge on any atom is 0.330 e. The molecule has 15 heavy (non-hydrogen) atoms. The number of carbonyl (C=O) groups is 1. The molecule has 0 aromatic rings. The molecule has 2 atom stereocenters. The van der Waals surface area contributed by atoms with E-state index in [1.165, 1.54) is 6.08 Å². The number of hydrogen-bond acceptors (Lipinski definition) is 2. The summed E-state index contributed by atoms with van der Waals surface area (Å²) < 4.78 is 5.43. The number of hydrogen-bond donors (Lipinski definition) is 0. The van der Waals surface area contributed by atoms with Gasteiger partial charge < -0.3 is 4.74 Å². The Balaban J connectivity index is 4.29. The molecule has 0 aliphatic carbocycles. The van der Waals surface area contributed by atoms with Crippen LogP contribution in [-0.2, 0) is 9.53 Å². The normalized spacial score (nSPS) is 15.6. The van der Waals surface area contributed by atoms with Crippen LogP contribution in [0, 0.1) is 11.8 Å². The summed E-state index contributed by atoms with van der Waals surface area (Å²) in [4.78, 5) is 11.3. The van der Waals surface area contributed by atoms with Crippen molar-refractivity contribution in [2.45, 2.75) is 53.6 Å². The molecule has 0 saturated carbocycles. The fourth-order valence-electron chi connectivity index (χ4n) is 1.45. The largest absolute Gasteiger partial charge is 0.459 e. The van der Waals surface area contributed by atoms with Gasteiger partial charge in [0.2, 0.25) is 0 Å². The molecule has 0 spiro atoms. The lowest BCUT2D eigenvalue weighted by Crippen LogP contribution is -2.25. The van der Waals surface area contributed by atoms with E-state index in [2.05, 4.69) is 27.7 Å². The molecule has 0 aromatic heterocycles. The second kappa shape index (κ2) is 7.49. The number of carbonyl (C=O) groups excluding carboxylic acids is 1. The Morgan fingerprint density at radius 3 is 2.33 bits per heavy atom. The van der Waals surface area contributed by atoms with E-state index in [0.29, 0.717) is 11.8 Å². The molecule has 0 heterocycles. The minimum Gasteiger partial charge on any atom is -0.459 e. The number of allylic oxidation sites excluding steroid dienone is 1. The molecule has 88 valence electrons. The lowest BCUT2D eigenvalue weighted by atomic mass is 9.94. The summed E-state index contributed by atoms with van der Waals surface area (Å²) in [5.74, 6) is 0.771. The zero-order valence-corrected chi connectivity index (χ0v) is 10.6. The predicted molar refractivity (Wildman–Crippen MR) is 63.6 cm³/mol. The van der Waals surface area contributed by atoms with Gasteiger partial charge in [0.1, 0.15) is 6.10 Å². The lowest BCUT2D eigenvalue weighted by Gasteiger charge is -2.24. The third kappa shape index (κ3) is 6.32. The zero-order valence-electron chi connectivity index (χ0n) is 10.6. The summed E-state index contributed by atoms with van der Waals surface area (Å²) in [5, 5.41) is 0. The van der Waals surface area contributed by atoms with Gasteiger partial charge in [0, 0.05) is 6.08 Å². The smallest absolute Gasteiger partial charge is 0.330 e. The summed E-state index contributed by atoms with van der Waals surface area (Å²) in [6, 6.07) is 0. The Kier molecular flexibility index (Phi) is 7.10. The van der Waals surface area contributed by atoms with Gasteiger partial charge >= 0.3 is 5.97 Å². The Hall–Kier alpha value is -0.790. The maximum absolute atomic E-state index is 11.3. The minimum absolute atomic E-state index is 0.0544. The molecule has 2 unspecified atom stereocenters. The van der Waals surface area contributed by atoms with Crippen LogP contribution in [0.15, 0.2) is 12.2 Å². The van der Waals surface area contributed by atoms with E-state index in [0.717, 1.165) is 12.8 Å². The molecule has 0 bridgehead atoms. The van der Waals surface area contributed by atoms with Crippen LogP contribution in [0.2, 0.25) is 0 Å². The van der Waals surface area contributed by atoms with Crippen LogP contribution >= 0.6 is 0 Å². The molecule has 0 aliphatic heterocycles. The molecule has 0 fully saturated rings. The quantitative estimate of drug-likeness (QED) is 0.497. The van der Waals surface area contributed by atoms with Crippen LogP contribution < -0.4 is 0 Å². The van der Waals surface area contributed by atoms with Crippen LogP contribution in [0.4, 0.5) is 0 Å². The van der Waals surface area contributed by atoms with E-state index in [1.54, 1.807) is 6.08 Å². The summed E-state index contributed by atoms with van der Waals surface area (Å²) in [6.07, 6.45) is 5.23. The van der Waals surface area contributed by atoms with Crippen molar-refractivity contribution in [3.05, 3.63) is 12.2 Å². The Labute approximate surface area is 93.7 Å². The average molecular weight is 212 g/mol. The Morgan fingerprint density at radius 2 is 1.93 bits per heavy atom. The van der Waals surface area contributed by atoms with Gasteiger partial charge in [-0.2, -0.15) is 0 Å². The van der Waals surface area contributed by atoms with Gasteiger partial charge in [-0.05, 0) is 25.2 Å². The van der Waals surface area contributed by atoms with E-state index in [1.807, 2.05) is 6.92 Å². The molecule has 2 heteroatoms. The fourth-order valence-corrected chi connectivity index (χ4v) is 1.45. The van der Waals surface area contributed by atoms with Gasteiger partial charge in [-0.15, -0.1) is 0 Å². The molecule has 0 amide bonds. The lowest BCUT2D eigenvalue weighted by molar-refractivity contribution is -0.146. The van der Waals surface area contributed by atoms with E-state index < -0.39 is 0 Å². The van der Waals surface area contributed by atoms with Crippen molar-refractivity contribution in [2.24, 2.45) is 11.8 Å². The van der Waals surface area contributed by atoms with Gasteiger partial charge in [0.15, 0.2) is 0 Å². The van der Waals surface area contributed by atoms with Crippen molar-refractivity contribution in [1.29, 1.82) is 0 Å². The molecule has 0 aliphatic rings. The highest BCUT2D eigenvalue weighted by molar-refractivity contribution is 5.81. The third-order valence-electron chi connectivity index (χ3n) is 2.55. The first-order valence-corrected chi connectivity index (χ1v) is 5.84.